The topological polar surface area (TPSA) is 72.9 Å². The smallest absolute Gasteiger partial charge is 0.220 e. The molecule has 1 aromatic rings. The van der Waals surface area contributed by atoms with E-state index in [0.29, 0.717) is 6.04 Å². The van der Waals surface area contributed by atoms with Crippen LogP contribution in [0.3, 0.4) is 0 Å². The molecule has 1 saturated carbocycles. The Morgan fingerprint density at radius 3 is 2.67 bits per heavy atom. The summed E-state index contributed by atoms with van der Waals surface area (Å²) in [6, 6.07) is 2.80. The maximum absolute atomic E-state index is 11.1. The first kappa shape index (κ1) is 13.1. The van der Waals surface area contributed by atoms with Gasteiger partial charge in [0.05, 0.1) is 5.69 Å². The van der Waals surface area contributed by atoms with Gasteiger partial charge in [-0.2, -0.15) is 5.10 Å². The SMILES string of the molecule is CC(NC1CCC(C(N)=O)CC1)c1ccnn1C. The van der Waals surface area contributed by atoms with Crippen molar-refractivity contribution >= 4 is 5.91 Å². The lowest BCUT2D eigenvalue weighted by Crippen LogP contribution is -2.38. The zero-order valence-electron chi connectivity index (χ0n) is 11.1. The third-order valence-corrected chi connectivity index (χ3v) is 3.92. The van der Waals surface area contributed by atoms with Crippen molar-refractivity contribution in [3.8, 4) is 0 Å². The molecule has 0 radical (unpaired) electrons. The van der Waals surface area contributed by atoms with Gasteiger partial charge in [-0.15, -0.1) is 0 Å². The fourth-order valence-corrected chi connectivity index (χ4v) is 2.79. The van der Waals surface area contributed by atoms with Crippen LogP contribution < -0.4 is 11.1 Å². The summed E-state index contributed by atoms with van der Waals surface area (Å²) >= 11 is 0. The van der Waals surface area contributed by atoms with E-state index >= 15 is 0 Å². The molecule has 1 aliphatic carbocycles. The van der Waals surface area contributed by atoms with Gasteiger partial charge in [0, 0.05) is 31.2 Å². The molecular weight excluding hydrogens is 228 g/mol. The Kier molecular flexibility index (Phi) is 4.01. The number of rotatable bonds is 4. The molecule has 1 aromatic heterocycles. The molecule has 0 aromatic carbocycles. The number of hydrogen-bond acceptors (Lipinski definition) is 3. The van der Waals surface area contributed by atoms with Gasteiger partial charge in [0.1, 0.15) is 0 Å². The zero-order valence-corrected chi connectivity index (χ0v) is 11.1. The van der Waals surface area contributed by atoms with Gasteiger partial charge in [-0.1, -0.05) is 0 Å². The maximum atomic E-state index is 11.1. The van der Waals surface area contributed by atoms with E-state index in [0.717, 1.165) is 25.7 Å². The Morgan fingerprint density at radius 2 is 2.17 bits per heavy atom. The summed E-state index contributed by atoms with van der Waals surface area (Å²) in [5.41, 5.74) is 6.53. The van der Waals surface area contributed by atoms with Crippen LogP contribution in [0.2, 0.25) is 0 Å². The largest absolute Gasteiger partial charge is 0.369 e. The van der Waals surface area contributed by atoms with Crippen molar-refractivity contribution in [1.82, 2.24) is 15.1 Å². The number of carbonyl (C=O) groups excluding carboxylic acids is 1. The van der Waals surface area contributed by atoms with Crippen LogP contribution in [0.5, 0.6) is 0 Å². The minimum atomic E-state index is -0.145. The van der Waals surface area contributed by atoms with Gasteiger partial charge < -0.3 is 11.1 Å². The van der Waals surface area contributed by atoms with Crippen molar-refractivity contribution in [3.63, 3.8) is 0 Å². The van der Waals surface area contributed by atoms with Crippen molar-refractivity contribution in [2.75, 3.05) is 0 Å². The van der Waals surface area contributed by atoms with Gasteiger partial charge in [0.25, 0.3) is 0 Å². The minimum absolute atomic E-state index is 0.0788. The summed E-state index contributed by atoms with van der Waals surface area (Å²) in [7, 11) is 1.96. The van der Waals surface area contributed by atoms with Crippen LogP contribution in [-0.4, -0.2) is 21.7 Å². The highest BCUT2D eigenvalue weighted by molar-refractivity contribution is 5.76. The van der Waals surface area contributed by atoms with Crippen molar-refractivity contribution in [3.05, 3.63) is 18.0 Å². The molecule has 0 saturated heterocycles. The Balaban J connectivity index is 1.85. The lowest BCUT2D eigenvalue weighted by molar-refractivity contribution is -0.122. The van der Waals surface area contributed by atoms with Crippen LogP contribution in [0.25, 0.3) is 0 Å². The van der Waals surface area contributed by atoms with Gasteiger partial charge in [-0.3, -0.25) is 9.48 Å². The first-order chi connectivity index (χ1) is 8.58. The van der Waals surface area contributed by atoms with Gasteiger partial charge in [-0.25, -0.2) is 0 Å². The zero-order chi connectivity index (χ0) is 13.1. The highest BCUT2D eigenvalue weighted by atomic mass is 16.1. The second-order valence-corrected chi connectivity index (χ2v) is 5.22. The van der Waals surface area contributed by atoms with Crippen molar-refractivity contribution in [1.29, 1.82) is 0 Å². The number of hydrogen-bond donors (Lipinski definition) is 2. The molecule has 1 amide bonds. The summed E-state index contributed by atoms with van der Waals surface area (Å²) in [4.78, 5) is 11.1. The molecule has 100 valence electrons. The second-order valence-electron chi connectivity index (χ2n) is 5.22. The number of carbonyl (C=O) groups is 1. The number of nitrogens with one attached hydrogen (secondary N) is 1. The van der Waals surface area contributed by atoms with Crippen molar-refractivity contribution < 1.29 is 4.79 Å². The number of aryl methyl sites for hydroxylation is 1. The number of nitrogens with two attached hydrogens (primary N) is 1. The van der Waals surface area contributed by atoms with Crippen LogP contribution >= 0.6 is 0 Å². The normalized spacial score (nSPS) is 25.9. The maximum Gasteiger partial charge on any atom is 0.220 e. The first-order valence-electron chi connectivity index (χ1n) is 6.61. The average molecular weight is 250 g/mol. The van der Waals surface area contributed by atoms with E-state index in [9.17, 15) is 4.79 Å². The lowest BCUT2D eigenvalue weighted by atomic mass is 9.85. The highest BCUT2D eigenvalue weighted by Crippen LogP contribution is 2.25. The predicted molar refractivity (Wildman–Crippen MR) is 69.7 cm³/mol. The van der Waals surface area contributed by atoms with Gasteiger partial charge in [0.15, 0.2) is 0 Å². The Hall–Kier alpha value is -1.36. The summed E-state index contributed by atoms with van der Waals surface area (Å²) in [6.07, 6.45) is 5.68. The fraction of sp³-hybridized carbons (Fsp3) is 0.692. The monoisotopic (exact) mass is 250 g/mol. The van der Waals surface area contributed by atoms with Gasteiger partial charge >= 0.3 is 0 Å². The van der Waals surface area contributed by atoms with Gasteiger partial charge in [-0.05, 0) is 38.7 Å². The van der Waals surface area contributed by atoms with Crippen LogP contribution in [0.4, 0.5) is 0 Å². The minimum Gasteiger partial charge on any atom is -0.369 e. The van der Waals surface area contributed by atoms with Crippen molar-refractivity contribution in [2.24, 2.45) is 18.7 Å². The molecule has 0 spiro atoms. The van der Waals surface area contributed by atoms with Crippen LogP contribution in [0.15, 0.2) is 12.3 Å². The van der Waals surface area contributed by atoms with E-state index in [1.807, 2.05) is 24.0 Å². The fourth-order valence-electron chi connectivity index (χ4n) is 2.79. The summed E-state index contributed by atoms with van der Waals surface area (Å²) in [6.45, 7) is 2.15. The summed E-state index contributed by atoms with van der Waals surface area (Å²) in [5.74, 6) is -0.0665. The number of primary amides is 1. The average Bonchev–Trinajstić information content (AvgIpc) is 2.76. The third-order valence-electron chi connectivity index (χ3n) is 3.92. The van der Waals surface area contributed by atoms with Gasteiger partial charge in [0.2, 0.25) is 5.91 Å². The lowest BCUT2D eigenvalue weighted by Gasteiger charge is -2.30. The molecule has 0 aliphatic heterocycles. The van der Waals surface area contributed by atoms with Crippen LogP contribution in [0, 0.1) is 5.92 Å². The molecule has 1 atom stereocenters. The third kappa shape index (κ3) is 2.90. The molecule has 3 N–H and O–H groups in total. The second kappa shape index (κ2) is 5.52. The molecule has 1 aliphatic rings. The molecule has 5 heteroatoms. The molecule has 5 nitrogen and oxygen atoms in total. The predicted octanol–water partition coefficient (Wildman–Crippen LogP) is 1.11. The molecule has 0 bridgehead atoms. The molecule has 18 heavy (non-hydrogen) atoms. The highest BCUT2D eigenvalue weighted by Gasteiger charge is 2.25. The van der Waals surface area contributed by atoms with E-state index in [4.69, 9.17) is 5.73 Å². The molecular formula is C13H22N4O. The number of aromatic nitrogens is 2. The Morgan fingerprint density at radius 1 is 1.50 bits per heavy atom. The quantitative estimate of drug-likeness (QED) is 0.841. The van der Waals surface area contributed by atoms with Crippen molar-refractivity contribution in [2.45, 2.75) is 44.7 Å². The molecule has 1 heterocycles. The first-order valence-corrected chi connectivity index (χ1v) is 6.61. The number of amides is 1. The summed E-state index contributed by atoms with van der Waals surface area (Å²) < 4.78 is 1.90. The Labute approximate surface area is 108 Å². The van der Waals surface area contributed by atoms with E-state index in [1.165, 1.54) is 5.69 Å². The van der Waals surface area contributed by atoms with E-state index < -0.39 is 0 Å². The Bertz CT molecular complexity index is 407. The van der Waals surface area contributed by atoms with Crippen LogP contribution in [0.1, 0.15) is 44.3 Å². The summed E-state index contributed by atoms with van der Waals surface area (Å²) in [5, 5.41) is 7.79. The van der Waals surface area contributed by atoms with E-state index in [2.05, 4.69) is 17.3 Å². The standard InChI is InChI=1S/C13H22N4O/c1-9(12-7-8-15-17(12)2)16-11-5-3-10(4-6-11)13(14)18/h7-11,16H,3-6H2,1-2H3,(H2,14,18). The molecule has 1 fully saturated rings. The number of nitrogens with zero attached hydrogens (tertiary/aromatic N) is 2. The van der Waals surface area contributed by atoms with Crippen LogP contribution in [-0.2, 0) is 11.8 Å². The molecule has 1 unspecified atom stereocenters. The van der Waals surface area contributed by atoms with E-state index in [1.54, 1.807) is 0 Å². The van der Waals surface area contributed by atoms with E-state index in [-0.39, 0.29) is 17.9 Å². The molecule has 2 rings (SSSR count).